The molecule has 1 aromatic carbocycles. The van der Waals surface area contributed by atoms with Crippen molar-refractivity contribution in [3.63, 3.8) is 0 Å². The van der Waals surface area contributed by atoms with Crippen LogP contribution in [0, 0.1) is 6.07 Å². The van der Waals surface area contributed by atoms with E-state index in [0.717, 1.165) is 12.2 Å². The molecular formula is C14H20NO. The number of benzene rings is 1. The van der Waals surface area contributed by atoms with Crippen molar-refractivity contribution >= 4 is 0 Å². The molecule has 2 nitrogen and oxygen atoms in total. The van der Waals surface area contributed by atoms with Gasteiger partial charge < -0.3 is 4.74 Å². The molecule has 2 heteroatoms. The van der Waals surface area contributed by atoms with Crippen molar-refractivity contribution in [3.05, 3.63) is 30.3 Å². The molecule has 1 fully saturated rings. The van der Waals surface area contributed by atoms with E-state index in [4.69, 9.17) is 4.74 Å². The summed E-state index contributed by atoms with van der Waals surface area (Å²) in [4.78, 5) is 2.45. The van der Waals surface area contributed by atoms with Crippen molar-refractivity contribution in [1.82, 2.24) is 4.90 Å². The van der Waals surface area contributed by atoms with Gasteiger partial charge in [0.15, 0.2) is 6.23 Å². The largest absolute Gasteiger partial charge is 0.474 e. The number of rotatable bonds is 4. The number of para-hydroxylation sites is 1. The molecule has 87 valence electrons. The first kappa shape index (κ1) is 11.5. The number of ether oxygens (including phenoxy) is 1. The fourth-order valence-corrected chi connectivity index (χ4v) is 2.22. The molecule has 1 aromatic rings. The van der Waals surface area contributed by atoms with Crippen LogP contribution in [0.5, 0.6) is 5.75 Å². The van der Waals surface area contributed by atoms with Crippen LogP contribution in [0.15, 0.2) is 24.3 Å². The first-order chi connectivity index (χ1) is 7.90. The Balaban J connectivity index is 1.94. The zero-order chi connectivity index (χ0) is 11.2. The fraction of sp³-hybridized carbons (Fsp3) is 0.571. The average Bonchev–Trinajstić information content (AvgIpc) is 2.38. The summed E-state index contributed by atoms with van der Waals surface area (Å²) in [5.74, 6) is 0.861. The number of hydrogen-bond donors (Lipinski definition) is 0. The molecule has 1 atom stereocenters. The van der Waals surface area contributed by atoms with E-state index < -0.39 is 0 Å². The first-order valence-electron chi connectivity index (χ1n) is 6.27. The van der Waals surface area contributed by atoms with Gasteiger partial charge in [-0.25, -0.2) is 0 Å². The topological polar surface area (TPSA) is 12.5 Å². The lowest BCUT2D eigenvalue weighted by Crippen LogP contribution is -2.42. The maximum atomic E-state index is 5.97. The summed E-state index contributed by atoms with van der Waals surface area (Å²) in [6.45, 7) is 4.53. The first-order valence-corrected chi connectivity index (χ1v) is 6.27. The van der Waals surface area contributed by atoms with Crippen LogP contribution in [0.1, 0.15) is 32.6 Å². The zero-order valence-electron chi connectivity index (χ0n) is 9.98. The van der Waals surface area contributed by atoms with Crippen molar-refractivity contribution < 1.29 is 4.74 Å². The normalized spacial score (nSPS) is 19.3. The number of hydrogen-bond acceptors (Lipinski definition) is 2. The Kier molecular flexibility index (Phi) is 4.23. The third-order valence-corrected chi connectivity index (χ3v) is 3.09. The third-order valence-electron chi connectivity index (χ3n) is 3.09. The predicted molar refractivity (Wildman–Crippen MR) is 65.4 cm³/mol. The lowest BCUT2D eigenvalue weighted by Gasteiger charge is -2.33. The molecule has 1 aliphatic rings. The van der Waals surface area contributed by atoms with Gasteiger partial charge in [0.05, 0.1) is 0 Å². The highest BCUT2D eigenvalue weighted by Gasteiger charge is 2.20. The van der Waals surface area contributed by atoms with Crippen LogP contribution in [0.3, 0.4) is 0 Å². The molecule has 16 heavy (non-hydrogen) atoms. The molecule has 0 saturated carbocycles. The maximum Gasteiger partial charge on any atom is 0.152 e. The number of piperidine rings is 1. The fourth-order valence-electron chi connectivity index (χ4n) is 2.22. The summed E-state index contributed by atoms with van der Waals surface area (Å²) in [6.07, 6.45) is 5.23. The minimum atomic E-state index is 0.221. The van der Waals surface area contributed by atoms with Crippen LogP contribution < -0.4 is 4.74 Å². The van der Waals surface area contributed by atoms with Gasteiger partial charge in [-0.3, -0.25) is 4.90 Å². The van der Waals surface area contributed by atoms with E-state index in [2.05, 4.69) is 17.9 Å². The summed E-state index contributed by atoms with van der Waals surface area (Å²) < 4.78 is 5.97. The molecule has 0 amide bonds. The van der Waals surface area contributed by atoms with Gasteiger partial charge in [-0.2, -0.15) is 0 Å². The lowest BCUT2D eigenvalue weighted by atomic mass is 10.1. The van der Waals surface area contributed by atoms with Gasteiger partial charge in [0, 0.05) is 19.2 Å². The second-order valence-corrected chi connectivity index (χ2v) is 4.30. The maximum absolute atomic E-state index is 5.97. The van der Waals surface area contributed by atoms with Gasteiger partial charge in [-0.1, -0.05) is 31.5 Å². The second-order valence-electron chi connectivity index (χ2n) is 4.30. The average molecular weight is 218 g/mol. The van der Waals surface area contributed by atoms with E-state index in [1.54, 1.807) is 0 Å². The van der Waals surface area contributed by atoms with Gasteiger partial charge in [-0.15, -0.1) is 0 Å². The number of nitrogens with zero attached hydrogens (tertiary/aromatic N) is 1. The van der Waals surface area contributed by atoms with E-state index >= 15 is 0 Å². The van der Waals surface area contributed by atoms with Crippen molar-refractivity contribution in [2.75, 3.05) is 13.1 Å². The molecular weight excluding hydrogens is 198 g/mol. The third kappa shape index (κ3) is 2.99. The van der Waals surface area contributed by atoms with Gasteiger partial charge in [0.2, 0.25) is 0 Å². The van der Waals surface area contributed by atoms with Gasteiger partial charge in [0.1, 0.15) is 5.75 Å². The van der Waals surface area contributed by atoms with E-state index in [9.17, 15) is 0 Å². The monoisotopic (exact) mass is 218 g/mol. The molecule has 1 radical (unpaired) electrons. The molecule has 2 rings (SSSR count). The molecule has 1 heterocycles. The minimum Gasteiger partial charge on any atom is -0.474 e. The molecule has 0 bridgehead atoms. The van der Waals surface area contributed by atoms with E-state index in [-0.39, 0.29) is 6.23 Å². The quantitative estimate of drug-likeness (QED) is 0.770. The van der Waals surface area contributed by atoms with E-state index in [1.165, 1.54) is 32.4 Å². The SMILES string of the molecule is CCC(Oc1[c]cccc1)N1CCCCC1. The molecule has 0 spiro atoms. The van der Waals surface area contributed by atoms with Crippen LogP contribution in [-0.2, 0) is 0 Å². The summed E-state index contributed by atoms with van der Waals surface area (Å²) in [5.41, 5.74) is 0. The van der Waals surface area contributed by atoms with Crippen LogP contribution in [0.4, 0.5) is 0 Å². The highest BCUT2D eigenvalue weighted by Crippen LogP contribution is 2.18. The minimum absolute atomic E-state index is 0.221. The van der Waals surface area contributed by atoms with Crippen molar-refractivity contribution in [3.8, 4) is 5.75 Å². The van der Waals surface area contributed by atoms with E-state index in [0.29, 0.717) is 0 Å². The Morgan fingerprint density at radius 3 is 2.75 bits per heavy atom. The Morgan fingerprint density at radius 1 is 1.31 bits per heavy atom. The molecule has 0 aliphatic carbocycles. The predicted octanol–water partition coefficient (Wildman–Crippen LogP) is 3.09. The van der Waals surface area contributed by atoms with Crippen LogP contribution in [-0.4, -0.2) is 24.2 Å². The summed E-state index contributed by atoms with van der Waals surface area (Å²) in [6, 6.07) is 11.0. The summed E-state index contributed by atoms with van der Waals surface area (Å²) in [5, 5.41) is 0. The second kappa shape index (κ2) is 5.90. The standard InChI is InChI=1S/C14H20NO/c1-2-14(15-11-7-4-8-12-15)16-13-9-5-3-6-10-13/h3,5-6,9,14H,2,4,7-8,11-12H2,1H3. The molecule has 1 unspecified atom stereocenters. The molecule has 0 aromatic heterocycles. The van der Waals surface area contributed by atoms with Gasteiger partial charge >= 0.3 is 0 Å². The van der Waals surface area contributed by atoms with Gasteiger partial charge in [0.25, 0.3) is 0 Å². The Hall–Kier alpha value is -1.02. The Labute approximate surface area is 98.2 Å². The van der Waals surface area contributed by atoms with Crippen LogP contribution in [0.2, 0.25) is 0 Å². The zero-order valence-corrected chi connectivity index (χ0v) is 9.98. The smallest absolute Gasteiger partial charge is 0.152 e. The molecule has 1 saturated heterocycles. The molecule has 1 aliphatic heterocycles. The summed E-state index contributed by atoms with van der Waals surface area (Å²) in [7, 11) is 0. The van der Waals surface area contributed by atoms with Crippen molar-refractivity contribution in [2.45, 2.75) is 38.8 Å². The molecule has 0 N–H and O–H groups in total. The van der Waals surface area contributed by atoms with Crippen LogP contribution >= 0.6 is 0 Å². The van der Waals surface area contributed by atoms with Crippen LogP contribution in [0.25, 0.3) is 0 Å². The van der Waals surface area contributed by atoms with Crippen molar-refractivity contribution in [1.29, 1.82) is 0 Å². The lowest BCUT2D eigenvalue weighted by molar-refractivity contribution is 0.00965. The number of likely N-dealkylation sites (tertiary alicyclic amines) is 1. The van der Waals surface area contributed by atoms with Gasteiger partial charge in [-0.05, 0) is 25.3 Å². The van der Waals surface area contributed by atoms with Crippen molar-refractivity contribution in [2.24, 2.45) is 0 Å². The summed E-state index contributed by atoms with van der Waals surface area (Å²) >= 11 is 0. The van der Waals surface area contributed by atoms with E-state index in [1.807, 2.05) is 24.3 Å². The Bertz CT molecular complexity index is 293. The highest BCUT2D eigenvalue weighted by molar-refractivity contribution is 5.19. The highest BCUT2D eigenvalue weighted by atomic mass is 16.5. The Morgan fingerprint density at radius 2 is 2.12 bits per heavy atom.